The maximum atomic E-state index is 13.2. The predicted molar refractivity (Wildman–Crippen MR) is 137 cm³/mol. The Labute approximate surface area is 211 Å². The molecule has 0 aliphatic carbocycles. The summed E-state index contributed by atoms with van der Waals surface area (Å²) in [4.78, 5) is 38.5. The lowest BCUT2D eigenvalue weighted by Gasteiger charge is -2.22. The third-order valence-corrected chi connectivity index (χ3v) is 5.51. The van der Waals surface area contributed by atoms with Crippen LogP contribution >= 0.6 is 0 Å². The van der Waals surface area contributed by atoms with Crippen molar-refractivity contribution in [2.24, 2.45) is 0 Å². The van der Waals surface area contributed by atoms with Gasteiger partial charge in [-0.05, 0) is 23.1 Å². The number of hydrogen-bond donors (Lipinski definition) is 2. The highest BCUT2D eigenvalue weighted by atomic mass is 16.5. The van der Waals surface area contributed by atoms with E-state index >= 15 is 0 Å². The minimum Gasteiger partial charge on any atom is -0.459 e. The van der Waals surface area contributed by atoms with E-state index in [1.165, 1.54) is 0 Å². The van der Waals surface area contributed by atoms with Gasteiger partial charge in [0.2, 0.25) is 5.91 Å². The topological polar surface area (TPSA) is 93.7 Å². The third kappa shape index (κ3) is 8.91. The van der Waals surface area contributed by atoms with Crippen LogP contribution in [0, 0.1) is 0 Å². The van der Waals surface area contributed by atoms with Gasteiger partial charge in [0.25, 0.3) is 0 Å². The van der Waals surface area contributed by atoms with Gasteiger partial charge in [-0.1, -0.05) is 104 Å². The standard InChI is InChI=1S/C29H32N2O5/c1-2-12-25(28(33)35-20-23-15-8-4-9-16-23)30-27(32)26(19-22-13-6-3-7-14-22)31-29(34)36-21-24-17-10-5-11-18-24/h3-11,13-18,25-26H,2,12,19-21H2,1H3,(H,30,32)(H,31,34)/t25-,26+/m0/s1. The van der Waals surface area contributed by atoms with Gasteiger partial charge in [0, 0.05) is 6.42 Å². The number of nitrogens with one attached hydrogen (secondary N) is 2. The first kappa shape index (κ1) is 26.5. The smallest absolute Gasteiger partial charge is 0.408 e. The van der Waals surface area contributed by atoms with Crippen LogP contribution in [-0.4, -0.2) is 30.1 Å². The van der Waals surface area contributed by atoms with Crippen LogP contribution in [0.25, 0.3) is 0 Å². The van der Waals surface area contributed by atoms with Crippen molar-refractivity contribution in [3.63, 3.8) is 0 Å². The van der Waals surface area contributed by atoms with Crippen LogP contribution in [-0.2, 0) is 38.7 Å². The zero-order valence-corrected chi connectivity index (χ0v) is 20.4. The Bertz CT molecular complexity index is 1090. The quantitative estimate of drug-likeness (QED) is 0.365. The SMILES string of the molecule is CCC[C@H](NC(=O)[C@@H](Cc1ccccc1)NC(=O)OCc1ccccc1)C(=O)OCc1ccccc1. The second-order valence-corrected chi connectivity index (χ2v) is 8.39. The molecule has 0 aromatic heterocycles. The lowest BCUT2D eigenvalue weighted by Crippen LogP contribution is -2.52. The Morgan fingerprint density at radius 2 is 1.17 bits per heavy atom. The van der Waals surface area contributed by atoms with Crippen molar-refractivity contribution in [1.82, 2.24) is 10.6 Å². The monoisotopic (exact) mass is 488 g/mol. The Morgan fingerprint density at radius 3 is 1.69 bits per heavy atom. The average Bonchev–Trinajstić information content (AvgIpc) is 2.91. The first-order valence-electron chi connectivity index (χ1n) is 12.1. The number of alkyl carbamates (subject to hydrolysis) is 1. The molecule has 7 nitrogen and oxygen atoms in total. The molecule has 0 unspecified atom stereocenters. The number of benzene rings is 3. The highest BCUT2D eigenvalue weighted by Gasteiger charge is 2.28. The van der Waals surface area contributed by atoms with Crippen LogP contribution < -0.4 is 10.6 Å². The van der Waals surface area contributed by atoms with Gasteiger partial charge < -0.3 is 20.1 Å². The van der Waals surface area contributed by atoms with Gasteiger partial charge in [-0.2, -0.15) is 0 Å². The fraction of sp³-hybridized carbons (Fsp3) is 0.276. The summed E-state index contributed by atoms with van der Waals surface area (Å²) in [5, 5.41) is 5.42. The van der Waals surface area contributed by atoms with Gasteiger partial charge in [-0.15, -0.1) is 0 Å². The number of amides is 2. The van der Waals surface area contributed by atoms with E-state index in [0.717, 1.165) is 16.7 Å². The van der Waals surface area contributed by atoms with E-state index in [1.54, 1.807) is 0 Å². The highest BCUT2D eigenvalue weighted by Crippen LogP contribution is 2.09. The third-order valence-electron chi connectivity index (χ3n) is 5.51. The fourth-order valence-electron chi connectivity index (χ4n) is 3.61. The lowest BCUT2D eigenvalue weighted by molar-refractivity contribution is -0.149. The van der Waals surface area contributed by atoms with Gasteiger partial charge >= 0.3 is 12.1 Å². The minimum absolute atomic E-state index is 0.0800. The van der Waals surface area contributed by atoms with Crippen LogP contribution in [0.4, 0.5) is 4.79 Å². The molecule has 2 N–H and O–H groups in total. The molecule has 0 aliphatic heterocycles. The molecule has 7 heteroatoms. The maximum absolute atomic E-state index is 13.2. The molecule has 0 spiro atoms. The average molecular weight is 489 g/mol. The zero-order valence-electron chi connectivity index (χ0n) is 20.4. The molecule has 0 radical (unpaired) electrons. The Hall–Kier alpha value is -4.13. The molecule has 3 aromatic rings. The second-order valence-electron chi connectivity index (χ2n) is 8.39. The second kappa shape index (κ2) is 14.3. The number of hydrogen-bond acceptors (Lipinski definition) is 5. The number of carbonyl (C=O) groups excluding carboxylic acids is 3. The molecule has 0 bridgehead atoms. The number of carbonyl (C=O) groups is 3. The minimum atomic E-state index is -0.933. The first-order valence-corrected chi connectivity index (χ1v) is 12.1. The van der Waals surface area contributed by atoms with Gasteiger partial charge in [0.05, 0.1) is 0 Å². The van der Waals surface area contributed by atoms with Crippen molar-refractivity contribution in [3.8, 4) is 0 Å². The molecule has 188 valence electrons. The van der Waals surface area contributed by atoms with Crippen molar-refractivity contribution in [2.75, 3.05) is 0 Å². The maximum Gasteiger partial charge on any atom is 0.408 e. The summed E-state index contributed by atoms with van der Waals surface area (Å²) in [6.45, 7) is 2.12. The predicted octanol–water partition coefficient (Wildman–Crippen LogP) is 4.55. The largest absolute Gasteiger partial charge is 0.459 e. The van der Waals surface area contributed by atoms with Crippen molar-refractivity contribution in [2.45, 2.75) is 51.5 Å². The van der Waals surface area contributed by atoms with E-state index < -0.39 is 30.1 Å². The zero-order chi connectivity index (χ0) is 25.6. The fourth-order valence-corrected chi connectivity index (χ4v) is 3.61. The van der Waals surface area contributed by atoms with Crippen LogP contribution in [0.15, 0.2) is 91.0 Å². The lowest BCUT2D eigenvalue weighted by atomic mass is 10.0. The van der Waals surface area contributed by atoms with E-state index in [2.05, 4.69) is 10.6 Å². The summed E-state index contributed by atoms with van der Waals surface area (Å²) >= 11 is 0. The molecule has 0 saturated heterocycles. The number of rotatable bonds is 12. The van der Waals surface area contributed by atoms with Crippen molar-refractivity contribution >= 4 is 18.0 Å². The number of ether oxygens (including phenoxy) is 2. The molecule has 2 amide bonds. The van der Waals surface area contributed by atoms with Gasteiger partial charge in [0.15, 0.2) is 0 Å². The van der Waals surface area contributed by atoms with E-state index in [-0.39, 0.29) is 19.6 Å². The summed E-state index contributed by atoms with van der Waals surface area (Å²) in [5.74, 6) is -0.996. The molecule has 36 heavy (non-hydrogen) atoms. The van der Waals surface area contributed by atoms with E-state index in [4.69, 9.17) is 9.47 Å². The molecule has 3 aromatic carbocycles. The summed E-state index contributed by atoms with van der Waals surface area (Å²) < 4.78 is 10.8. The molecule has 0 heterocycles. The Morgan fingerprint density at radius 1 is 0.667 bits per heavy atom. The Kier molecular flexibility index (Phi) is 10.5. The van der Waals surface area contributed by atoms with Crippen LogP contribution in [0.3, 0.4) is 0 Å². The highest BCUT2D eigenvalue weighted by molar-refractivity contribution is 5.89. The summed E-state index contributed by atoms with van der Waals surface area (Å²) in [5.41, 5.74) is 2.55. The van der Waals surface area contributed by atoms with Crippen LogP contribution in [0.2, 0.25) is 0 Å². The molecule has 0 fully saturated rings. The van der Waals surface area contributed by atoms with Gasteiger partial charge in [-0.3, -0.25) is 4.79 Å². The van der Waals surface area contributed by atoms with E-state index in [1.807, 2.05) is 97.9 Å². The summed E-state index contributed by atoms with van der Waals surface area (Å²) in [6, 6.07) is 26.2. The van der Waals surface area contributed by atoms with Crippen molar-refractivity contribution in [1.29, 1.82) is 0 Å². The molecular weight excluding hydrogens is 456 g/mol. The van der Waals surface area contributed by atoms with Gasteiger partial charge in [-0.25, -0.2) is 9.59 Å². The van der Waals surface area contributed by atoms with E-state index in [9.17, 15) is 14.4 Å². The van der Waals surface area contributed by atoms with Crippen molar-refractivity contribution < 1.29 is 23.9 Å². The molecule has 3 rings (SSSR count). The molecule has 2 atom stereocenters. The van der Waals surface area contributed by atoms with Gasteiger partial charge in [0.1, 0.15) is 25.3 Å². The summed E-state index contributed by atoms with van der Waals surface area (Å²) in [6.07, 6.45) is 0.607. The molecular formula is C29H32N2O5. The van der Waals surface area contributed by atoms with Crippen molar-refractivity contribution in [3.05, 3.63) is 108 Å². The Balaban J connectivity index is 1.64. The first-order chi connectivity index (χ1) is 17.5. The molecule has 0 saturated carbocycles. The van der Waals surface area contributed by atoms with Crippen LogP contribution in [0.1, 0.15) is 36.5 Å². The normalized spacial score (nSPS) is 12.1. The van der Waals surface area contributed by atoms with Crippen LogP contribution in [0.5, 0.6) is 0 Å². The number of esters is 1. The molecule has 0 aliphatic rings. The van der Waals surface area contributed by atoms with E-state index in [0.29, 0.717) is 12.8 Å². The summed E-state index contributed by atoms with van der Waals surface area (Å²) in [7, 11) is 0.